The molecule has 0 saturated carbocycles. The smallest absolute Gasteiger partial charge is 0.407 e. The Morgan fingerprint density at radius 3 is 2.35 bits per heavy atom. The summed E-state index contributed by atoms with van der Waals surface area (Å²) in [6.45, 7) is 8.98. The molecule has 0 unspecified atom stereocenters. The van der Waals surface area contributed by atoms with Crippen LogP contribution in [0.5, 0.6) is 0 Å². The Bertz CT molecular complexity index is 598. The number of carbonyl (C=O) groups excluding carboxylic acids is 2. The first-order chi connectivity index (χ1) is 10.4. The van der Waals surface area contributed by atoms with Gasteiger partial charge in [-0.05, 0) is 46.8 Å². The topological polar surface area (TPSA) is 80.3 Å². The number of nitrogens with one attached hydrogen (secondary N) is 2. The molecule has 0 aromatic carbocycles. The maximum Gasteiger partial charge on any atom is 0.407 e. The maximum atomic E-state index is 12.2. The zero-order valence-corrected chi connectivity index (χ0v) is 15.3. The zero-order chi connectivity index (χ0) is 17.8. The molecule has 1 heterocycles. The van der Waals surface area contributed by atoms with E-state index in [9.17, 15) is 9.59 Å². The van der Waals surface area contributed by atoms with Gasteiger partial charge in [-0.2, -0.15) is 0 Å². The fraction of sp³-hybridized carbons (Fsp3) is 0.533. The molecular weight excluding hydrogens is 341 g/mol. The van der Waals surface area contributed by atoms with Crippen LogP contribution in [0.4, 0.5) is 4.79 Å². The lowest BCUT2D eigenvalue weighted by Crippen LogP contribution is -2.52. The molecule has 0 bridgehead atoms. The number of aromatic nitrogens is 1. The van der Waals surface area contributed by atoms with E-state index >= 15 is 0 Å². The van der Waals surface area contributed by atoms with Gasteiger partial charge in [-0.15, -0.1) is 0 Å². The number of hydrogen-bond acceptors (Lipinski definition) is 4. The molecule has 0 fully saturated rings. The number of rotatable bonds is 4. The highest BCUT2D eigenvalue weighted by atomic mass is 35.5. The molecular formula is C15H21Cl2N3O3. The van der Waals surface area contributed by atoms with E-state index in [0.717, 1.165) is 0 Å². The minimum atomic E-state index is -0.735. The molecule has 0 aliphatic carbocycles. The summed E-state index contributed by atoms with van der Waals surface area (Å²) in [5.74, 6) is -0.478. The van der Waals surface area contributed by atoms with Crippen LogP contribution in [0.1, 0.15) is 45.1 Å². The molecule has 0 atom stereocenters. The van der Waals surface area contributed by atoms with Gasteiger partial charge < -0.3 is 15.4 Å². The molecule has 2 amide bonds. The third kappa shape index (κ3) is 7.05. The van der Waals surface area contributed by atoms with Crippen LogP contribution in [0.3, 0.4) is 0 Å². The number of pyridine rings is 1. The number of hydrogen-bond donors (Lipinski definition) is 2. The van der Waals surface area contributed by atoms with Crippen molar-refractivity contribution in [2.24, 2.45) is 0 Å². The van der Waals surface area contributed by atoms with Gasteiger partial charge in [-0.3, -0.25) is 4.79 Å². The summed E-state index contributed by atoms with van der Waals surface area (Å²) in [6, 6.07) is 2.99. The molecule has 1 rings (SSSR count). The van der Waals surface area contributed by atoms with Crippen molar-refractivity contribution in [1.29, 1.82) is 0 Å². The van der Waals surface area contributed by atoms with E-state index in [2.05, 4.69) is 15.6 Å². The third-order valence-electron chi connectivity index (χ3n) is 2.55. The molecule has 0 aliphatic heterocycles. The average molecular weight is 362 g/mol. The summed E-state index contributed by atoms with van der Waals surface area (Å²) in [4.78, 5) is 27.8. The minimum absolute atomic E-state index is 0.0320. The highest BCUT2D eigenvalue weighted by molar-refractivity contribution is 6.34. The van der Waals surface area contributed by atoms with Gasteiger partial charge in [0.25, 0.3) is 5.91 Å². The summed E-state index contributed by atoms with van der Waals surface area (Å²) in [7, 11) is 0. The van der Waals surface area contributed by atoms with Crippen LogP contribution in [0.15, 0.2) is 12.1 Å². The van der Waals surface area contributed by atoms with Gasteiger partial charge in [0.15, 0.2) is 0 Å². The van der Waals surface area contributed by atoms with Crippen molar-refractivity contribution in [3.8, 4) is 0 Å². The number of ether oxygens (including phenoxy) is 1. The van der Waals surface area contributed by atoms with E-state index in [1.807, 2.05) is 0 Å². The Morgan fingerprint density at radius 1 is 1.17 bits per heavy atom. The van der Waals surface area contributed by atoms with Gasteiger partial charge in [0.1, 0.15) is 16.4 Å². The second kappa shape index (κ2) is 7.36. The molecule has 23 heavy (non-hydrogen) atoms. The SMILES string of the molecule is CC(C)(CNC(=O)OC(C)(C)C)NC(=O)c1nc(Cl)ccc1Cl. The molecule has 0 saturated heterocycles. The Balaban J connectivity index is 2.65. The van der Waals surface area contributed by atoms with E-state index in [0.29, 0.717) is 0 Å². The predicted molar refractivity (Wildman–Crippen MR) is 90.0 cm³/mol. The van der Waals surface area contributed by atoms with E-state index < -0.39 is 23.1 Å². The Hall–Kier alpha value is -1.53. The van der Waals surface area contributed by atoms with Crippen LogP contribution in [0.2, 0.25) is 10.2 Å². The number of amides is 2. The first-order valence-electron chi connectivity index (χ1n) is 7.01. The van der Waals surface area contributed by atoms with Gasteiger partial charge in [0.2, 0.25) is 0 Å². The Morgan fingerprint density at radius 2 is 1.78 bits per heavy atom. The zero-order valence-electron chi connectivity index (χ0n) is 13.8. The highest BCUT2D eigenvalue weighted by Gasteiger charge is 2.25. The molecule has 0 spiro atoms. The minimum Gasteiger partial charge on any atom is -0.444 e. The number of alkyl carbamates (subject to hydrolysis) is 1. The monoisotopic (exact) mass is 361 g/mol. The fourth-order valence-electron chi connectivity index (χ4n) is 1.60. The number of carbonyl (C=O) groups is 2. The van der Waals surface area contributed by atoms with Crippen LogP contribution < -0.4 is 10.6 Å². The average Bonchev–Trinajstić information content (AvgIpc) is 2.37. The molecule has 1 aromatic heterocycles. The van der Waals surface area contributed by atoms with Crippen molar-refractivity contribution in [1.82, 2.24) is 15.6 Å². The lowest BCUT2D eigenvalue weighted by Gasteiger charge is -2.27. The largest absolute Gasteiger partial charge is 0.444 e. The molecule has 6 nitrogen and oxygen atoms in total. The van der Waals surface area contributed by atoms with Crippen LogP contribution in [-0.2, 0) is 4.74 Å². The Labute approximate surface area is 145 Å². The summed E-state index contributed by atoms with van der Waals surface area (Å²) in [5, 5.41) is 5.72. The number of nitrogens with zero attached hydrogens (tertiary/aromatic N) is 1. The van der Waals surface area contributed by atoms with Gasteiger partial charge >= 0.3 is 6.09 Å². The van der Waals surface area contributed by atoms with Crippen LogP contribution in [0.25, 0.3) is 0 Å². The van der Waals surface area contributed by atoms with Crippen molar-refractivity contribution in [3.63, 3.8) is 0 Å². The fourth-order valence-corrected chi connectivity index (χ4v) is 1.93. The molecule has 128 valence electrons. The van der Waals surface area contributed by atoms with Crippen molar-refractivity contribution >= 4 is 35.2 Å². The van der Waals surface area contributed by atoms with E-state index in [1.165, 1.54) is 12.1 Å². The van der Waals surface area contributed by atoms with Gasteiger partial charge in [0.05, 0.1) is 10.6 Å². The molecule has 1 aromatic rings. The third-order valence-corrected chi connectivity index (χ3v) is 3.07. The van der Waals surface area contributed by atoms with Gasteiger partial charge in [-0.1, -0.05) is 23.2 Å². The lowest BCUT2D eigenvalue weighted by molar-refractivity contribution is 0.0509. The van der Waals surface area contributed by atoms with E-state index in [4.69, 9.17) is 27.9 Å². The van der Waals surface area contributed by atoms with Crippen LogP contribution in [0, 0.1) is 0 Å². The van der Waals surface area contributed by atoms with Crippen molar-refractivity contribution in [2.45, 2.75) is 45.8 Å². The summed E-state index contributed by atoms with van der Waals surface area (Å²) >= 11 is 11.7. The maximum absolute atomic E-state index is 12.2. The van der Waals surface area contributed by atoms with Crippen molar-refractivity contribution < 1.29 is 14.3 Å². The van der Waals surface area contributed by atoms with Crippen LogP contribution >= 0.6 is 23.2 Å². The second-order valence-corrected chi connectivity index (χ2v) is 7.45. The molecule has 2 N–H and O–H groups in total. The van der Waals surface area contributed by atoms with Gasteiger partial charge in [-0.25, -0.2) is 9.78 Å². The Kier molecular flexibility index (Phi) is 6.25. The summed E-state index contributed by atoms with van der Waals surface area (Å²) in [6.07, 6.45) is -0.557. The normalized spacial score (nSPS) is 11.8. The van der Waals surface area contributed by atoms with Gasteiger partial charge in [0, 0.05) is 6.54 Å². The van der Waals surface area contributed by atoms with E-state index in [-0.39, 0.29) is 22.4 Å². The highest BCUT2D eigenvalue weighted by Crippen LogP contribution is 2.17. The van der Waals surface area contributed by atoms with Crippen molar-refractivity contribution in [2.75, 3.05) is 6.54 Å². The second-order valence-electron chi connectivity index (χ2n) is 6.66. The number of halogens is 2. The summed E-state index contributed by atoms with van der Waals surface area (Å²) < 4.78 is 5.14. The quantitative estimate of drug-likeness (QED) is 0.805. The van der Waals surface area contributed by atoms with Crippen molar-refractivity contribution in [3.05, 3.63) is 28.0 Å². The van der Waals surface area contributed by atoms with E-state index in [1.54, 1.807) is 34.6 Å². The van der Waals surface area contributed by atoms with Crippen LogP contribution in [-0.4, -0.2) is 34.7 Å². The lowest BCUT2D eigenvalue weighted by atomic mass is 10.1. The first kappa shape index (κ1) is 19.5. The predicted octanol–water partition coefficient (Wildman–Crippen LogP) is 3.42. The molecule has 0 radical (unpaired) electrons. The standard InChI is InChI=1S/C15H21Cl2N3O3/c1-14(2,3)23-13(22)18-8-15(4,5)20-12(21)11-9(16)6-7-10(17)19-11/h6-7H,8H2,1-5H3,(H,18,22)(H,20,21). The molecule has 8 heteroatoms. The summed E-state index contributed by atoms with van der Waals surface area (Å²) in [5.41, 5.74) is -1.29. The first-order valence-corrected chi connectivity index (χ1v) is 7.77. The molecule has 0 aliphatic rings.